The zero-order valence-corrected chi connectivity index (χ0v) is 10.4. The van der Waals surface area contributed by atoms with Crippen molar-refractivity contribution in [3.63, 3.8) is 0 Å². The van der Waals surface area contributed by atoms with Gasteiger partial charge in [0.1, 0.15) is 5.69 Å². The molecule has 0 radical (unpaired) electrons. The molecular weight excluding hydrogens is 246 g/mol. The van der Waals surface area contributed by atoms with Crippen LogP contribution in [0.5, 0.6) is 0 Å². The molecule has 3 rings (SSSR count). The Morgan fingerprint density at radius 2 is 2.32 bits per heavy atom. The molecule has 0 saturated heterocycles. The van der Waals surface area contributed by atoms with Crippen LogP contribution in [0.15, 0.2) is 28.7 Å². The van der Waals surface area contributed by atoms with Crippen molar-refractivity contribution in [3.05, 3.63) is 52.7 Å². The number of ether oxygens (including phenoxy) is 1. The number of fused-ring (bicyclic) bond motifs is 1. The van der Waals surface area contributed by atoms with Gasteiger partial charge in [0.15, 0.2) is 0 Å². The first kappa shape index (κ1) is 11.9. The summed E-state index contributed by atoms with van der Waals surface area (Å²) >= 11 is 0. The molecule has 1 heterocycles. The third-order valence-electron chi connectivity index (χ3n) is 3.34. The first-order valence-electron chi connectivity index (χ1n) is 6.00. The summed E-state index contributed by atoms with van der Waals surface area (Å²) in [6, 6.07) is 8.03. The van der Waals surface area contributed by atoms with Crippen molar-refractivity contribution < 1.29 is 19.1 Å². The van der Waals surface area contributed by atoms with Crippen LogP contribution < -0.4 is 0 Å². The number of nitrogens with zero attached hydrogens (tertiary/aromatic N) is 1. The maximum Gasteiger partial charge on any atom is 0.373 e. The van der Waals surface area contributed by atoms with E-state index >= 15 is 0 Å². The average molecular weight is 259 g/mol. The van der Waals surface area contributed by atoms with Crippen LogP contribution in [-0.4, -0.2) is 23.2 Å². The second-order valence-corrected chi connectivity index (χ2v) is 4.52. The molecule has 0 aliphatic heterocycles. The zero-order valence-electron chi connectivity index (χ0n) is 10.4. The molecule has 19 heavy (non-hydrogen) atoms. The van der Waals surface area contributed by atoms with E-state index < -0.39 is 5.97 Å². The molecule has 1 aliphatic rings. The van der Waals surface area contributed by atoms with Gasteiger partial charge in [0.25, 0.3) is 0 Å². The molecule has 1 aromatic carbocycles. The summed E-state index contributed by atoms with van der Waals surface area (Å²) in [6.45, 7) is 0.138. The number of carboxylic acid groups (broad SMARTS) is 1. The summed E-state index contributed by atoms with van der Waals surface area (Å²) in [5, 5.41) is 9.08. The number of aromatic carboxylic acids is 1. The van der Waals surface area contributed by atoms with Crippen LogP contribution in [0.25, 0.3) is 0 Å². The first-order valence-corrected chi connectivity index (χ1v) is 6.00. The fourth-order valence-corrected chi connectivity index (χ4v) is 2.40. The quantitative estimate of drug-likeness (QED) is 0.911. The van der Waals surface area contributed by atoms with E-state index in [-0.39, 0.29) is 18.3 Å². The topological polar surface area (TPSA) is 72.6 Å². The van der Waals surface area contributed by atoms with Crippen molar-refractivity contribution in [3.8, 4) is 0 Å². The van der Waals surface area contributed by atoms with E-state index in [1.165, 1.54) is 12.7 Å². The second-order valence-electron chi connectivity index (χ2n) is 4.52. The zero-order chi connectivity index (χ0) is 13.4. The van der Waals surface area contributed by atoms with E-state index in [1.54, 1.807) is 0 Å². The highest BCUT2D eigenvalue weighted by molar-refractivity contribution is 5.85. The van der Waals surface area contributed by atoms with Crippen LogP contribution in [-0.2, 0) is 17.8 Å². The lowest BCUT2D eigenvalue weighted by Gasteiger charge is -2.27. The highest BCUT2D eigenvalue weighted by Crippen LogP contribution is 2.39. The summed E-state index contributed by atoms with van der Waals surface area (Å²) in [5.41, 5.74) is 2.76. The number of rotatable bonds is 4. The van der Waals surface area contributed by atoms with E-state index in [2.05, 4.69) is 11.1 Å². The number of methoxy groups -OCH3 is 1. The van der Waals surface area contributed by atoms with Gasteiger partial charge < -0.3 is 14.3 Å². The van der Waals surface area contributed by atoms with E-state index in [1.807, 2.05) is 18.2 Å². The highest BCUT2D eigenvalue weighted by atomic mass is 16.5. The molecule has 0 amide bonds. The van der Waals surface area contributed by atoms with E-state index in [4.69, 9.17) is 14.3 Å². The number of oxazole rings is 1. The van der Waals surface area contributed by atoms with Crippen LogP contribution in [0.2, 0.25) is 0 Å². The van der Waals surface area contributed by atoms with Crippen molar-refractivity contribution >= 4 is 5.97 Å². The molecule has 0 bridgehead atoms. The summed E-state index contributed by atoms with van der Waals surface area (Å²) in [6.07, 6.45) is 0.835. The Kier molecular flexibility index (Phi) is 2.83. The molecule has 1 N–H and O–H groups in total. The maximum atomic E-state index is 11.1. The summed E-state index contributed by atoms with van der Waals surface area (Å²) in [5.74, 6) is -0.720. The van der Waals surface area contributed by atoms with Gasteiger partial charge in [0, 0.05) is 7.11 Å². The Hall–Kier alpha value is -2.14. The fraction of sp³-hybridized carbons (Fsp3) is 0.286. The van der Waals surface area contributed by atoms with Crippen molar-refractivity contribution in [2.45, 2.75) is 18.9 Å². The molecule has 1 unspecified atom stereocenters. The van der Waals surface area contributed by atoms with Crippen LogP contribution in [0.3, 0.4) is 0 Å². The van der Waals surface area contributed by atoms with Crippen LogP contribution >= 0.6 is 0 Å². The van der Waals surface area contributed by atoms with Crippen molar-refractivity contribution in [2.24, 2.45) is 0 Å². The van der Waals surface area contributed by atoms with Crippen molar-refractivity contribution in [1.82, 2.24) is 4.98 Å². The molecule has 2 aromatic rings. The van der Waals surface area contributed by atoms with Gasteiger partial charge in [-0.25, -0.2) is 9.78 Å². The molecule has 0 fully saturated rings. The average Bonchev–Trinajstić information content (AvgIpc) is 2.75. The van der Waals surface area contributed by atoms with Crippen LogP contribution in [0, 0.1) is 0 Å². The number of hydrogen-bond donors (Lipinski definition) is 1. The normalized spacial score (nSPS) is 16.8. The van der Waals surface area contributed by atoms with Crippen molar-refractivity contribution in [1.29, 1.82) is 0 Å². The Labute approximate surface area is 109 Å². The van der Waals surface area contributed by atoms with Gasteiger partial charge in [-0.2, -0.15) is 0 Å². The number of aromatic nitrogens is 1. The van der Waals surface area contributed by atoms with E-state index in [0.29, 0.717) is 11.6 Å². The van der Waals surface area contributed by atoms with Gasteiger partial charge in [-0.1, -0.05) is 24.3 Å². The first-order chi connectivity index (χ1) is 9.20. The van der Waals surface area contributed by atoms with Crippen LogP contribution in [0.1, 0.15) is 39.2 Å². The van der Waals surface area contributed by atoms with Gasteiger partial charge in [0.2, 0.25) is 11.7 Å². The SMILES string of the molecule is COCc1nc(C2Cc3ccccc32)oc1C(=O)O. The van der Waals surface area contributed by atoms with Gasteiger partial charge >= 0.3 is 5.97 Å². The largest absolute Gasteiger partial charge is 0.475 e. The standard InChI is InChI=1S/C14H13NO4/c1-18-7-11-12(14(16)17)19-13(15-11)10-6-8-4-2-3-5-9(8)10/h2-5,10H,6-7H2,1H3,(H,16,17). The predicted octanol–water partition coefficient (Wildman–Crippen LogP) is 2.21. The third-order valence-corrected chi connectivity index (χ3v) is 3.34. The van der Waals surface area contributed by atoms with Gasteiger partial charge in [-0.3, -0.25) is 0 Å². The molecule has 1 aromatic heterocycles. The van der Waals surface area contributed by atoms with Gasteiger partial charge in [-0.05, 0) is 17.5 Å². The minimum absolute atomic E-state index is 0.0555. The molecule has 1 aliphatic carbocycles. The second kappa shape index (κ2) is 4.51. The highest BCUT2D eigenvalue weighted by Gasteiger charge is 2.33. The number of carboxylic acids is 1. The Morgan fingerprint density at radius 3 is 3.00 bits per heavy atom. The Balaban J connectivity index is 1.95. The molecular formula is C14H13NO4. The predicted molar refractivity (Wildman–Crippen MR) is 66.2 cm³/mol. The Bertz CT molecular complexity index is 632. The number of hydrogen-bond acceptors (Lipinski definition) is 4. The summed E-state index contributed by atoms with van der Waals surface area (Å²) in [7, 11) is 1.50. The third kappa shape index (κ3) is 1.92. The number of benzene rings is 1. The van der Waals surface area contributed by atoms with E-state index in [0.717, 1.165) is 12.0 Å². The van der Waals surface area contributed by atoms with Crippen LogP contribution in [0.4, 0.5) is 0 Å². The molecule has 1 atom stereocenters. The van der Waals surface area contributed by atoms with Crippen molar-refractivity contribution in [2.75, 3.05) is 7.11 Å². The molecule has 5 nitrogen and oxygen atoms in total. The minimum atomic E-state index is -1.11. The number of carbonyl (C=O) groups is 1. The lowest BCUT2D eigenvalue weighted by Crippen LogP contribution is -2.18. The lowest BCUT2D eigenvalue weighted by molar-refractivity contribution is 0.0653. The van der Waals surface area contributed by atoms with Gasteiger partial charge in [0.05, 0.1) is 12.5 Å². The fourth-order valence-electron chi connectivity index (χ4n) is 2.40. The monoisotopic (exact) mass is 259 g/mol. The molecule has 0 spiro atoms. The lowest BCUT2D eigenvalue weighted by atomic mass is 9.77. The summed E-state index contributed by atoms with van der Waals surface area (Å²) < 4.78 is 10.3. The van der Waals surface area contributed by atoms with Gasteiger partial charge in [-0.15, -0.1) is 0 Å². The summed E-state index contributed by atoms with van der Waals surface area (Å²) in [4.78, 5) is 15.4. The Morgan fingerprint density at radius 1 is 1.53 bits per heavy atom. The maximum absolute atomic E-state index is 11.1. The van der Waals surface area contributed by atoms with E-state index in [9.17, 15) is 4.79 Å². The molecule has 0 saturated carbocycles. The molecule has 98 valence electrons. The smallest absolute Gasteiger partial charge is 0.373 e. The molecule has 5 heteroatoms. The minimum Gasteiger partial charge on any atom is -0.475 e.